The molecule has 0 amide bonds. The first-order chi connectivity index (χ1) is 9.17. The number of hydrogen-bond acceptors (Lipinski definition) is 3. The van der Waals surface area contributed by atoms with Crippen LogP contribution in [0, 0.1) is 6.92 Å². The molecular formula is C16H21N3. The van der Waals surface area contributed by atoms with Gasteiger partial charge in [0.15, 0.2) is 0 Å². The Balaban J connectivity index is 1.98. The highest BCUT2D eigenvalue weighted by Crippen LogP contribution is 2.10. The predicted molar refractivity (Wildman–Crippen MR) is 78.5 cm³/mol. The van der Waals surface area contributed by atoms with E-state index in [4.69, 9.17) is 5.73 Å². The molecule has 0 bridgehead atoms. The third-order valence-electron chi connectivity index (χ3n) is 3.06. The molecule has 0 fully saturated rings. The minimum Gasteiger partial charge on any atom is -0.326 e. The molecule has 0 spiro atoms. The predicted octanol–water partition coefficient (Wildman–Crippen LogP) is 2.48. The first-order valence-electron chi connectivity index (χ1n) is 6.54. The third kappa shape index (κ3) is 4.16. The molecule has 3 heteroatoms. The highest BCUT2D eigenvalue weighted by molar-refractivity contribution is 5.23. The van der Waals surface area contributed by atoms with E-state index in [1.807, 2.05) is 12.4 Å². The minimum atomic E-state index is 0.597. The van der Waals surface area contributed by atoms with Gasteiger partial charge in [-0.3, -0.25) is 9.88 Å². The SMILES string of the molecule is Cc1cncc(CN(C)Cc2cccc(CN)c2)c1. The first-order valence-corrected chi connectivity index (χ1v) is 6.54. The summed E-state index contributed by atoms with van der Waals surface area (Å²) < 4.78 is 0. The van der Waals surface area contributed by atoms with Gasteiger partial charge in [0.2, 0.25) is 0 Å². The summed E-state index contributed by atoms with van der Waals surface area (Å²) in [6, 6.07) is 10.6. The van der Waals surface area contributed by atoms with Gasteiger partial charge in [-0.1, -0.05) is 30.3 Å². The maximum Gasteiger partial charge on any atom is 0.0313 e. The highest BCUT2D eigenvalue weighted by atomic mass is 15.1. The molecule has 1 heterocycles. The second-order valence-corrected chi connectivity index (χ2v) is 5.07. The van der Waals surface area contributed by atoms with E-state index >= 15 is 0 Å². The van der Waals surface area contributed by atoms with Crippen molar-refractivity contribution >= 4 is 0 Å². The van der Waals surface area contributed by atoms with Crippen molar-refractivity contribution in [3.63, 3.8) is 0 Å². The molecule has 0 atom stereocenters. The van der Waals surface area contributed by atoms with Gasteiger partial charge < -0.3 is 5.73 Å². The summed E-state index contributed by atoms with van der Waals surface area (Å²) in [7, 11) is 2.12. The van der Waals surface area contributed by atoms with Crippen molar-refractivity contribution in [1.29, 1.82) is 0 Å². The van der Waals surface area contributed by atoms with Gasteiger partial charge in [-0.05, 0) is 36.2 Å². The number of nitrogens with zero attached hydrogens (tertiary/aromatic N) is 2. The standard InChI is InChI=1S/C16H21N3/c1-13-6-16(10-18-9-13)12-19(2)11-15-5-3-4-14(7-15)8-17/h3-7,9-10H,8,11-12,17H2,1-2H3. The fourth-order valence-electron chi connectivity index (χ4n) is 2.24. The Kier molecular flexibility index (Phi) is 4.66. The summed E-state index contributed by atoms with van der Waals surface area (Å²) in [5.41, 5.74) is 10.6. The number of hydrogen-bond donors (Lipinski definition) is 1. The summed E-state index contributed by atoms with van der Waals surface area (Å²) in [4.78, 5) is 6.51. The lowest BCUT2D eigenvalue weighted by Gasteiger charge is -2.17. The zero-order chi connectivity index (χ0) is 13.7. The van der Waals surface area contributed by atoms with E-state index in [0.717, 1.165) is 13.1 Å². The summed E-state index contributed by atoms with van der Waals surface area (Å²) >= 11 is 0. The fraction of sp³-hybridized carbons (Fsp3) is 0.312. The van der Waals surface area contributed by atoms with Crippen molar-refractivity contribution in [2.75, 3.05) is 7.05 Å². The molecule has 0 aliphatic rings. The van der Waals surface area contributed by atoms with E-state index in [1.54, 1.807) is 0 Å². The molecule has 1 aromatic carbocycles. The Morgan fingerprint density at radius 3 is 2.53 bits per heavy atom. The van der Waals surface area contributed by atoms with E-state index in [-0.39, 0.29) is 0 Å². The Bertz CT molecular complexity index is 537. The Hall–Kier alpha value is -1.71. The molecule has 0 saturated heterocycles. The van der Waals surface area contributed by atoms with Gasteiger partial charge in [0.1, 0.15) is 0 Å². The van der Waals surface area contributed by atoms with Crippen LogP contribution in [0.4, 0.5) is 0 Å². The van der Waals surface area contributed by atoms with E-state index in [0.29, 0.717) is 6.54 Å². The van der Waals surface area contributed by atoms with Crippen molar-refractivity contribution in [1.82, 2.24) is 9.88 Å². The van der Waals surface area contributed by atoms with Crippen molar-refractivity contribution in [3.8, 4) is 0 Å². The van der Waals surface area contributed by atoms with Gasteiger partial charge in [0, 0.05) is 32.0 Å². The maximum absolute atomic E-state index is 5.67. The largest absolute Gasteiger partial charge is 0.326 e. The molecule has 2 rings (SSSR count). The van der Waals surface area contributed by atoms with Crippen LogP contribution < -0.4 is 5.73 Å². The van der Waals surface area contributed by atoms with Crippen LogP contribution in [0.5, 0.6) is 0 Å². The molecular weight excluding hydrogens is 234 g/mol. The zero-order valence-corrected chi connectivity index (χ0v) is 11.6. The second-order valence-electron chi connectivity index (χ2n) is 5.07. The van der Waals surface area contributed by atoms with Crippen LogP contribution >= 0.6 is 0 Å². The van der Waals surface area contributed by atoms with E-state index < -0.39 is 0 Å². The number of rotatable bonds is 5. The van der Waals surface area contributed by atoms with E-state index in [9.17, 15) is 0 Å². The topological polar surface area (TPSA) is 42.2 Å². The van der Waals surface area contributed by atoms with Gasteiger partial charge in [-0.15, -0.1) is 0 Å². The Labute approximate surface area is 115 Å². The van der Waals surface area contributed by atoms with Gasteiger partial charge in [-0.2, -0.15) is 0 Å². The second kappa shape index (κ2) is 6.45. The van der Waals surface area contributed by atoms with Crippen LogP contribution in [0.25, 0.3) is 0 Å². The molecule has 0 unspecified atom stereocenters. The molecule has 0 aliphatic heterocycles. The minimum absolute atomic E-state index is 0.597. The third-order valence-corrected chi connectivity index (χ3v) is 3.06. The molecule has 19 heavy (non-hydrogen) atoms. The number of aromatic nitrogens is 1. The Morgan fingerprint density at radius 1 is 1.05 bits per heavy atom. The summed E-state index contributed by atoms with van der Waals surface area (Å²) in [5.74, 6) is 0. The van der Waals surface area contributed by atoms with Crippen LogP contribution in [0.2, 0.25) is 0 Å². The molecule has 1 aromatic heterocycles. The van der Waals surface area contributed by atoms with Gasteiger partial charge in [0.05, 0.1) is 0 Å². The molecule has 0 saturated carbocycles. The molecule has 2 aromatic rings. The van der Waals surface area contributed by atoms with Crippen molar-refractivity contribution in [2.24, 2.45) is 5.73 Å². The van der Waals surface area contributed by atoms with E-state index in [2.05, 4.69) is 54.2 Å². The van der Waals surface area contributed by atoms with Gasteiger partial charge in [0.25, 0.3) is 0 Å². The van der Waals surface area contributed by atoms with Crippen molar-refractivity contribution < 1.29 is 0 Å². The summed E-state index contributed by atoms with van der Waals surface area (Å²) in [6.07, 6.45) is 3.81. The number of aryl methyl sites for hydroxylation is 1. The van der Waals surface area contributed by atoms with Crippen LogP contribution in [-0.4, -0.2) is 16.9 Å². The average Bonchev–Trinajstić information content (AvgIpc) is 2.38. The lowest BCUT2D eigenvalue weighted by atomic mass is 10.1. The van der Waals surface area contributed by atoms with Crippen LogP contribution in [0.15, 0.2) is 42.7 Å². The van der Waals surface area contributed by atoms with Crippen LogP contribution in [-0.2, 0) is 19.6 Å². The normalized spacial score (nSPS) is 10.9. The average molecular weight is 255 g/mol. The number of benzene rings is 1. The summed E-state index contributed by atoms with van der Waals surface area (Å²) in [5, 5.41) is 0. The number of nitrogens with two attached hydrogens (primary N) is 1. The molecule has 0 aliphatic carbocycles. The fourth-order valence-corrected chi connectivity index (χ4v) is 2.24. The maximum atomic E-state index is 5.67. The highest BCUT2D eigenvalue weighted by Gasteiger charge is 2.03. The first kappa shape index (κ1) is 13.7. The molecule has 3 nitrogen and oxygen atoms in total. The Morgan fingerprint density at radius 2 is 1.79 bits per heavy atom. The molecule has 0 radical (unpaired) electrons. The van der Waals surface area contributed by atoms with Gasteiger partial charge >= 0.3 is 0 Å². The smallest absolute Gasteiger partial charge is 0.0313 e. The lowest BCUT2D eigenvalue weighted by molar-refractivity contribution is 0.318. The zero-order valence-electron chi connectivity index (χ0n) is 11.6. The van der Waals surface area contributed by atoms with Gasteiger partial charge in [-0.25, -0.2) is 0 Å². The number of pyridine rings is 1. The molecule has 2 N–H and O–H groups in total. The van der Waals surface area contributed by atoms with Crippen LogP contribution in [0.3, 0.4) is 0 Å². The van der Waals surface area contributed by atoms with E-state index in [1.165, 1.54) is 22.3 Å². The van der Waals surface area contributed by atoms with Crippen LogP contribution in [0.1, 0.15) is 22.3 Å². The molecule has 100 valence electrons. The van der Waals surface area contributed by atoms with Crippen molar-refractivity contribution in [2.45, 2.75) is 26.6 Å². The monoisotopic (exact) mass is 255 g/mol. The lowest BCUT2D eigenvalue weighted by Crippen LogP contribution is -2.17. The quantitative estimate of drug-likeness (QED) is 0.892. The summed E-state index contributed by atoms with van der Waals surface area (Å²) in [6.45, 7) is 4.49. The van der Waals surface area contributed by atoms with Crippen molar-refractivity contribution in [3.05, 3.63) is 65.0 Å².